The van der Waals surface area contributed by atoms with Crippen molar-refractivity contribution in [2.45, 2.75) is 49.6 Å². The van der Waals surface area contributed by atoms with Crippen LogP contribution in [0.15, 0.2) is 65.5 Å². The van der Waals surface area contributed by atoms with Crippen molar-refractivity contribution >= 4 is 17.7 Å². The first-order valence-corrected chi connectivity index (χ1v) is 17.5. The van der Waals surface area contributed by atoms with E-state index in [0.29, 0.717) is 60.8 Å². The molecule has 1 saturated carbocycles. The third-order valence-electron chi connectivity index (χ3n) is 10.7. The summed E-state index contributed by atoms with van der Waals surface area (Å²) in [5.41, 5.74) is 3.16. The van der Waals surface area contributed by atoms with E-state index in [1.165, 1.54) is 38.7 Å². The smallest absolute Gasteiger partial charge is 0.345 e. The molecule has 2 N–H and O–H groups in total. The van der Waals surface area contributed by atoms with Crippen LogP contribution in [0.3, 0.4) is 0 Å². The number of fused-ring (bicyclic) bond motifs is 3. The van der Waals surface area contributed by atoms with Crippen molar-refractivity contribution in [3.8, 4) is 11.8 Å². The molecule has 1 saturated heterocycles. The van der Waals surface area contributed by atoms with Crippen molar-refractivity contribution in [3.63, 3.8) is 0 Å². The summed E-state index contributed by atoms with van der Waals surface area (Å²) in [7, 11) is 6.78. The molecule has 0 bridgehead atoms. The fraction of sp³-hybridized carbons (Fsp3) is 0.385. The van der Waals surface area contributed by atoms with Crippen LogP contribution in [-0.2, 0) is 23.1 Å². The number of aromatic nitrogens is 3. The molecule has 1 unspecified atom stereocenters. The zero-order valence-electron chi connectivity index (χ0n) is 29.6. The van der Waals surface area contributed by atoms with Crippen molar-refractivity contribution < 1.29 is 18.8 Å². The number of likely N-dealkylation sites (tertiary alicyclic amines) is 1. The maximum absolute atomic E-state index is 13.9. The van der Waals surface area contributed by atoms with Gasteiger partial charge in [0.15, 0.2) is 0 Å². The fourth-order valence-corrected chi connectivity index (χ4v) is 8.04. The Morgan fingerprint density at radius 3 is 2.10 bits per heavy atom. The Balaban J connectivity index is 1.36. The Hall–Kier alpha value is -5.61. The molecule has 0 spiro atoms. The third kappa shape index (κ3) is 6.06. The first-order valence-electron chi connectivity index (χ1n) is 17.5. The lowest BCUT2D eigenvalue weighted by molar-refractivity contribution is -0.131. The molecule has 7 rings (SSSR count). The molecule has 12 nitrogen and oxygen atoms in total. The molecule has 3 atom stereocenters. The van der Waals surface area contributed by atoms with Gasteiger partial charge in [0.05, 0.1) is 23.7 Å². The molecule has 3 amide bonds. The maximum atomic E-state index is 13.9. The Morgan fingerprint density at radius 2 is 1.54 bits per heavy atom. The molecule has 1 aliphatic heterocycles. The number of piperidine rings is 1. The second-order valence-corrected chi connectivity index (χ2v) is 14.4. The molecule has 268 valence electrons. The van der Waals surface area contributed by atoms with Gasteiger partial charge in [-0.05, 0) is 115 Å². The number of nitrogens with one attached hydrogen (secondary N) is 2. The molecule has 2 fully saturated rings. The van der Waals surface area contributed by atoms with E-state index >= 15 is 0 Å². The molecule has 13 heteroatoms. The minimum absolute atomic E-state index is 0.0320. The lowest BCUT2D eigenvalue weighted by Crippen LogP contribution is -2.44. The first-order chi connectivity index (χ1) is 24.9. The minimum atomic E-state index is -1.12. The summed E-state index contributed by atoms with van der Waals surface area (Å²) in [6.07, 6.45) is 3.05. The van der Waals surface area contributed by atoms with Crippen LogP contribution in [0.4, 0.5) is 4.39 Å². The standard InChI is InChI=1S/C39H41FN8O4/c1-45(2)35(50)25-7-13-31-23(17-25)5-6-24-18-26(36(51)46(3)4)8-14-32(24)39(31,37-43-38(52)48(44-37)29-11-9-28(40)10-12-29)15-16-42-22-34(49)47-30(21-41)19-27-20-33(27)47/h7-14,17-18,27,30,33,42H,5-6,15-16,19-20,22H2,1-4H3,(H,43,44,52)/t27-,30?,33+/m1/s1. The summed E-state index contributed by atoms with van der Waals surface area (Å²) in [6, 6.07) is 18.6. The normalized spacial score (nSPS) is 19.5. The van der Waals surface area contributed by atoms with E-state index in [2.05, 4.69) is 16.4 Å². The van der Waals surface area contributed by atoms with Gasteiger partial charge in [-0.3, -0.25) is 19.4 Å². The van der Waals surface area contributed by atoms with E-state index in [4.69, 9.17) is 5.10 Å². The number of halogens is 1. The lowest BCUT2D eigenvalue weighted by Gasteiger charge is -2.35. The molecular weight excluding hydrogens is 663 g/mol. The molecule has 2 aliphatic carbocycles. The van der Waals surface area contributed by atoms with E-state index in [1.54, 1.807) is 45.2 Å². The van der Waals surface area contributed by atoms with Crippen LogP contribution in [0.25, 0.3) is 5.69 Å². The van der Waals surface area contributed by atoms with Crippen molar-refractivity contribution in [1.82, 2.24) is 34.8 Å². The van der Waals surface area contributed by atoms with Crippen molar-refractivity contribution in [3.05, 3.63) is 116 Å². The molecule has 1 aromatic heterocycles. The lowest BCUT2D eigenvalue weighted by atomic mass is 9.69. The van der Waals surface area contributed by atoms with Crippen LogP contribution < -0.4 is 11.0 Å². The van der Waals surface area contributed by atoms with E-state index in [1.807, 2.05) is 24.3 Å². The number of carbonyl (C=O) groups excluding carboxylic acids is 3. The van der Waals surface area contributed by atoms with E-state index < -0.39 is 23.0 Å². The molecule has 4 aromatic rings. The second-order valence-electron chi connectivity index (χ2n) is 14.4. The van der Waals surface area contributed by atoms with Crippen LogP contribution in [-0.4, -0.2) is 101 Å². The van der Waals surface area contributed by atoms with Gasteiger partial charge in [0.25, 0.3) is 11.8 Å². The molecular formula is C39H41FN8O4. The first kappa shape index (κ1) is 34.8. The molecule has 2 heterocycles. The molecule has 3 aromatic carbocycles. The van der Waals surface area contributed by atoms with E-state index in [0.717, 1.165) is 28.7 Å². The molecule has 3 aliphatic rings. The number of hydrogen-bond acceptors (Lipinski definition) is 7. The Bertz CT molecular complexity index is 2090. The summed E-state index contributed by atoms with van der Waals surface area (Å²) in [5, 5.41) is 17.9. The number of H-pyrrole nitrogens is 1. The molecule has 52 heavy (non-hydrogen) atoms. The van der Waals surface area contributed by atoms with Gasteiger partial charge in [0, 0.05) is 45.4 Å². The van der Waals surface area contributed by atoms with Crippen LogP contribution >= 0.6 is 0 Å². The quantitative estimate of drug-likeness (QED) is 0.255. The van der Waals surface area contributed by atoms with Crippen molar-refractivity contribution in [2.75, 3.05) is 41.3 Å². The maximum Gasteiger partial charge on any atom is 0.348 e. The summed E-state index contributed by atoms with van der Waals surface area (Å²) in [4.78, 5) is 61.2. The Labute approximate surface area is 300 Å². The Morgan fingerprint density at radius 1 is 0.942 bits per heavy atom. The minimum Gasteiger partial charge on any atom is -0.345 e. The predicted octanol–water partition coefficient (Wildman–Crippen LogP) is 3.03. The zero-order valence-corrected chi connectivity index (χ0v) is 29.6. The number of aromatic amines is 1. The summed E-state index contributed by atoms with van der Waals surface area (Å²) in [6.45, 7) is 0.344. The topological polar surface area (TPSA) is 147 Å². The van der Waals surface area contributed by atoms with Crippen LogP contribution in [0.5, 0.6) is 0 Å². The summed E-state index contributed by atoms with van der Waals surface area (Å²) >= 11 is 0. The summed E-state index contributed by atoms with van der Waals surface area (Å²) < 4.78 is 15.1. The van der Waals surface area contributed by atoms with Crippen molar-refractivity contribution in [1.29, 1.82) is 5.26 Å². The number of carbonyl (C=O) groups is 3. The fourth-order valence-electron chi connectivity index (χ4n) is 8.04. The van der Waals surface area contributed by atoms with Gasteiger partial charge in [-0.2, -0.15) is 9.94 Å². The average Bonchev–Trinajstić information content (AvgIpc) is 3.67. The van der Waals surface area contributed by atoms with Gasteiger partial charge >= 0.3 is 5.69 Å². The van der Waals surface area contributed by atoms with E-state index in [9.17, 15) is 28.8 Å². The largest absolute Gasteiger partial charge is 0.348 e. The van der Waals surface area contributed by atoms with Gasteiger partial charge in [-0.15, -0.1) is 5.10 Å². The monoisotopic (exact) mass is 704 g/mol. The third-order valence-corrected chi connectivity index (χ3v) is 10.7. The SMILES string of the molecule is CN(C)C(=O)c1ccc2c(c1)CCc1cc(C(=O)N(C)C)ccc1C2(CCNCC(=O)N1C(C#N)C[C@@H]2C[C@@H]21)c1nn(-c2ccc(F)cc2)c(=O)[nH]1. The van der Waals surface area contributed by atoms with Crippen LogP contribution in [0.1, 0.15) is 68.1 Å². The van der Waals surface area contributed by atoms with Crippen LogP contribution in [0, 0.1) is 23.1 Å². The van der Waals surface area contributed by atoms with Gasteiger partial charge in [0.2, 0.25) is 5.91 Å². The van der Waals surface area contributed by atoms with Gasteiger partial charge in [0.1, 0.15) is 17.7 Å². The van der Waals surface area contributed by atoms with E-state index in [-0.39, 0.29) is 30.3 Å². The van der Waals surface area contributed by atoms with Gasteiger partial charge < -0.3 is 20.0 Å². The van der Waals surface area contributed by atoms with Gasteiger partial charge in [-0.1, -0.05) is 12.1 Å². The number of benzene rings is 3. The highest BCUT2D eigenvalue weighted by Crippen LogP contribution is 2.48. The average molecular weight is 705 g/mol. The predicted molar refractivity (Wildman–Crippen MR) is 191 cm³/mol. The number of hydrogen-bond donors (Lipinski definition) is 2. The number of rotatable bonds is 9. The zero-order chi connectivity index (χ0) is 36.9. The highest BCUT2D eigenvalue weighted by Gasteiger charge is 2.54. The number of amides is 3. The summed E-state index contributed by atoms with van der Waals surface area (Å²) in [5.74, 6) is -0.160. The second kappa shape index (κ2) is 13.5. The number of nitrogens with zero attached hydrogens (tertiary/aromatic N) is 6. The Kier molecular flexibility index (Phi) is 9.04. The van der Waals surface area contributed by atoms with Crippen molar-refractivity contribution in [2.24, 2.45) is 5.92 Å². The number of aryl methyl sites for hydroxylation is 2. The highest BCUT2D eigenvalue weighted by molar-refractivity contribution is 5.95. The van der Waals surface area contributed by atoms with Gasteiger partial charge in [-0.25, -0.2) is 9.18 Å². The van der Waals surface area contributed by atoms with Crippen LogP contribution in [0.2, 0.25) is 0 Å². The number of nitriles is 1. The highest BCUT2D eigenvalue weighted by atomic mass is 19.1. The molecule has 0 radical (unpaired) electrons.